The average molecular weight is 395 g/mol. The van der Waals surface area contributed by atoms with Crippen molar-refractivity contribution in [3.8, 4) is 0 Å². The summed E-state index contributed by atoms with van der Waals surface area (Å²) < 4.78 is 3.58. The van der Waals surface area contributed by atoms with Crippen molar-refractivity contribution in [1.29, 1.82) is 5.41 Å². The summed E-state index contributed by atoms with van der Waals surface area (Å²) in [5, 5.41) is 19.6. The number of likely N-dealkylation sites (N-methyl/N-ethyl adjacent to an activating group) is 1. The van der Waals surface area contributed by atoms with E-state index in [0.717, 1.165) is 30.7 Å². The number of benzene rings is 2. The fourth-order valence-corrected chi connectivity index (χ4v) is 3.49. The Morgan fingerprint density at radius 1 is 1.07 bits per heavy atom. The number of ketones is 1. The molecule has 3 aromatic rings. The summed E-state index contributed by atoms with van der Waals surface area (Å²) in [6.07, 6.45) is 0. The van der Waals surface area contributed by atoms with E-state index in [0.29, 0.717) is 6.54 Å². The molecule has 0 atom stereocenters. The second kappa shape index (κ2) is 8.83. The Kier molecular flexibility index (Phi) is 6.23. The number of para-hydroxylation sites is 2. The van der Waals surface area contributed by atoms with Gasteiger partial charge >= 0.3 is 0 Å². The van der Waals surface area contributed by atoms with Gasteiger partial charge in [-0.1, -0.05) is 38.1 Å². The van der Waals surface area contributed by atoms with Crippen LogP contribution in [0.5, 0.6) is 0 Å². The molecule has 0 saturated carbocycles. The second-order valence-electron chi connectivity index (χ2n) is 6.81. The number of Topliss-reactive ketones (excluding diaryl/α,β-unsaturated/α-hetero) is 1. The molecule has 0 unspecified atom stereocenters. The molecule has 29 heavy (non-hydrogen) atoms. The summed E-state index contributed by atoms with van der Waals surface area (Å²) in [7, 11) is 0. The van der Waals surface area contributed by atoms with Crippen LogP contribution in [-0.4, -0.2) is 44.4 Å². The summed E-state index contributed by atoms with van der Waals surface area (Å²) in [5.41, 5.74) is 2.10. The third kappa shape index (κ3) is 4.27. The summed E-state index contributed by atoms with van der Waals surface area (Å²) in [6, 6.07) is 13.4. The monoisotopic (exact) mass is 395 g/mol. The maximum atomic E-state index is 12.8. The van der Waals surface area contributed by atoms with E-state index in [1.54, 1.807) is 10.6 Å². The number of aromatic nitrogens is 2. The van der Waals surface area contributed by atoms with Crippen LogP contribution in [0, 0.1) is 15.5 Å². The molecule has 152 valence electrons. The van der Waals surface area contributed by atoms with Gasteiger partial charge < -0.3 is 14.0 Å². The van der Waals surface area contributed by atoms with Gasteiger partial charge in [0.25, 0.3) is 5.69 Å². The molecule has 2 aromatic carbocycles. The molecule has 0 radical (unpaired) electrons. The van der Waals surface area contributed by atoms with Gasteiger partial charge in [0, 0.05) is 30.8 Å². The van der Waals surface area contributed by atoms with Crippen LogP contribution in [-0.2, 0) is 13.1 Å². The number of nitrogens with one attached hydrogen (secondary N) is 1. The number of nitrogens with zero attached hydrogens (tertiary/aromatic N) is 4. The number of hydrogen-bond donors (Lipinski definition) is 1. The smallest absolute Gasteiger partial charge is 0.270 e. The van der Waals surface area contributed by atoms with E-state index in [2.05, 4.69) is 18.7 Å². The van der Waals surface area contributed by atoms with E-state index >= 15 is 0 Å². The first-order valence-electron chi connectivity index (χ1n) is 9.68. The van der Waals surface area contributed by atoms with Crippen molar-refractivity contribution in [3.05, 3.63) is 69.8 Å². The first kappa shape index (κ1) is 20.5. The maximum Gasteiger partial charge on any atom is 0.270 e. The molecule has 1 N–H and O–H groups in total. The number of imidazole rings is 1. The zero-order chi connectivity index (χ0) is 21.0. The van der Waals surface area contributed by atoms with E-state index in [-0.39, 0.29) is 29.2 Å². The molecule has 0 aliphatic heterocycles. The van der Waals surface area contributed by atoms with E-state index in [9.17, 15) is 14.9 Å². The van der Waals surface area contributed by atoms with Gasteiger partial charge in [0.2, 0.25) is 5.62 Å². The average Bonchev–Trinajstić information content (AvgIpc) is 3.00. The van der Waals surface area contributed by atoms with Gasteiger partial charge in [0.1, 0.15) is 0 Å². The van der Waals surface area contributed by atoms with Crippen molar-refractivity contribution in [1.82, 2.24) is 14.0 Å². The number of carbonyl (C=O) groups is 1. The predicted octanol–water partition coefficient (Wildman–Crippen LogP) is 3.06. The molecule has 1 heterocycles. The number of nitro benzene ring substituents is 1. The lowest BCUT2D eigenvalue weighted by Crippen LogP contribution is -2.32. The number of fused-ring (bicyclic) bond motifs is 1. The lowest BCUT2D eigenvalue weighted by Gasteiger charge is -2.18. The Labute approximate surface area is 168 Å². The van der Waals surface area contributed by atoms with Crippen LogP contribution >= 0.6 is 0 Å². The zero-order valence-corrected chi connectivity index (χ0v) is 16.7. The fraction of sp³-hybridized carbons (Fsp3) is 0.333. The van der Waals surface area contributed by atoms with Crippen molar-refractivity contribution >= 4 is 22.5 Å². The topological polar surface area (TPSA) is 97.2 Å². The summed E-state index contributed by atoms with van der Waals surface area (Å²) >= 11 is 0. The van der Waals surface area contributed by atoms with Crippen LogP contribution in [0.1, 0.15) is 24.2 Å². The highest BCUT2D eigenvalue weighted by molar-refractivity contribution is 5.97. The highest BCUT2D eigenvalue weighted by atomic mass is 16.6. The lowest BCUT2D eigenvalue weighted by atomic mass is 10.1. The maximum absolute atomic E-state index is 12.8. The highest BCUT2D eigenvalue weighted by Gasteiger charge is 2.16. The van der Waals surface area contributed by atoms with Crippen LogP contribution in [0.2, 0.25) is 0 Å². The molecular formula is C21H25N5O3. The second-order valence-corrected chi connectivity index (χ2v) is 6.81. The van der Waals surface area contributed by atoms with Crippen LogP contribution in [0.15, 0.2) is 48.5 Å². The Bertz CT molecular complexity index is 1100. The van der Waals surface area contributed by atoms with Gasteiger partial charge in [0.15, 0.2) is 5.78 Å². The predicted molar refractivity (Wildman–Crippen MR) is 111 cm³/mol. The highest BCUT2D eigenvalue weighted by Crippen LogP contribution is 2.16. The van der Waals surface area contributed by atoms with E-state index in [1.807, 2.05) is 28.8 Å². The van der Waals surface area contributed by atoms with Gasteiger partial charge in [-0.2, -0.15) is 0 Å². The summed E-state index contributed by atoms with van der Waals surface area (Å²) in [4.78, 5) is 25.6. The zero-order valence-electron chi connectivity index (χ0n) is 16.7. The molecule has 0 saturated heterocycles. The third-order valence-corrected chi connectivity index (χ3v) is 5.19. The molecule has 3 rings (SSSR count). The molecule has 0 spiro atoms. The number of non-ortho nitro benzene ring substituents is 1. The molecule has 0 amide bonds. The number of rotatable bonds is 9. The van der Waals surface area contributed by atoms with Crippen molar-refractivity contribution in [3.63, 3.8) is 0 Å². The third-order valence-electron chi connectivity index (χ3n) is 5.19. The van der Waals surface area contributed by atoms with Crippen LogP contribution in [0.3, 0.4) is 0 Å². The van der Waals surface area contributed by atoms with E-state index < -0.39 is 4.92 Å². The van der Waals surface area contributed by atoms with Crippen molar-refractivity contribution in [2.24, 2.45) is 0 Å². The molecule has 0 aliphatic rings. The Morgan fingerprint density at radius 2 is 1.72 bits per heavy atom. The minimum atomic E-state index is -0.515. The van der Waals surface area contributed by atoms with Gasteiger partial charge in [-0.15, -0.1) is 0 Å². The Balaban J connectivity index is 1.94. The molecule has 8 heteroatoms. The van der Waals surface area contributed by atoms with Crippen molar-refractivity contribution in [2.45, 2.75) is 26.9 Å². The normalized spacial score (nSPS) is 11.3. The van der Waals surface area contributed by atoms with E-state index in [4.69, 9.17) is 5.41 Å². The van der Waals surface area contributed by atoms with Gasteiger partial charge in [-0.25, -0.2) is 0 Å². The van der Waals surface area contributed by atoms with Gasteiger partial charge in [0.05, 0.1) is 22.5 Å². The van der Waals surface area contributed by atoms with Crippen LogP contribution in [0.4, 0.5) is 5.69 Å². The molecular weight excluding hydrogens is 370 g/mol. The summed E-state index contributed by atoms with van der Waals surface area (Å²) in [6.45, 7) is 7.52. The quantitative estimate of drug-likeness (QED) is 0.342. The van der Waals surface area contributed by atoms with E-state index in [1.165, 1.54) is 18.2 Å². The Morgan fingerprint density at radius 3 is 2.34 bits per heavy atom. The molecule has 0 aliphatic carbocycles. The fourth-order valence-electron chi connectivity index (χ4n) is 3.49. The molecule has 0 fully saturated rings. The lowest BCUT2D eigenvalue weighted by molar-refractivity contribution is -0.384. The minimum absolute atomic E-state index is 0.0429. The van der Waals surface area contributed by atoms with Crippen LogP contribution in [0.25, 0.3) is 11.0 Å². The molecule has 0 bridgehead atoms. The SMILES string of the molecule is CCN(CC)CCn1c(=N)n(CC(=O)c2cccc([N+](=O)[O-])c2)c2ccccc21. The number of carbonyl (C=O) groups excluding carboxylic acids is 1. The molecule has 8 nitrogen and oxygen atoms in total. The first-order valence-corrected chi connectivity index (χ1v) is 9.68. The Hall–Kier alpha value is -3.26. The number of hydrogen-bond acceptors (Lipinski definition) is 5. The van der Waals surface area contributed by atoms with Gasteiger partial charge in [-0.05, 0) is 25.2 Å². The van der Waals surface area contributed by atoms with Gasteiger partial charge in [-0.3, -0.25) is 20.3 Å². The standard InChI is InChI=1S/C21H25N5O3/c1-3-23(4-2)12-13-24-18-10-5-6-11-19(18)25(21(24)22)15-20(27)16-8-7-9-17(14-16)26(28)29/h5-11,14,22H,3-4,12-13,15H2,1-2H3. The summed E-state index contributed by atoms with van der Waals surface area (Å²) in [5.74, 6) is -0.265. The first-order chi connectivity index (χ1) is 14.0. The van der Waals surface area contributed by atoms with Crippen LogP contribution < -0.4 is 5.62 Å². The van der Waals surface area contributed by atoms with Crippen molar-refractivity contribution < 1.29 is 9.72 Å². The van der Waals surface area contributed by atoms with Crippen molar-refractivity contribution in [2.75, 3.05) is 19.6 Å². The molecule has 1 aromatic heterocycles. The largest absolute Gasteiger partial charge is 0.309 e. The number of nitro groups is 1. The minimum Gasteiger partial charge on any atom is -0.309 e.